The highest BCUT2D eigenvalue weighted by molar-refractivity contribution is 5.99. The van der Waals surface area contributed by atoms with Crippen molar-refractivity contribution in [2.75, 3.05) is 29.5 Å². The Morgan fingerprint density at radius 1 is 1.32 bits per heavy atom. The van der Waals surface area contributed by atoms with Crippen LogP contribution in [0.1, 0.15) is 37.0 Å². The van der Waals surface area contributed by atoms with E-state index in [0.29, 0.717) is 41.1 Å². The van der Waals surface area contributed by atoms with Crippen LogP contribution < -0.4 is 26.4 Å². The molecular formula is C20H26N6O2. The average Bonchev–Trinajstić information content (AvgIpc) is 2.65. The third kappa shape index (κ3) is 5.12. The van der Waals surface area contributed by atoms with Gasteiger partial charge in [0.25, 0.3) is 5.91 Å². The molecule has 5 N–H and O–H groups in total. The van der Waals surface area contributed by atoms with Crippen molar-refractivity contribution in [2.24, 2.45) is 0 Å². The molecule has 0 saturated heterocycles. The van der Waals surface area contributed by atoms with Crippen molar-refractivity contribution in [3.8, 4) is 5.75 Å². The van der Waals surface area contributed by atoms with Gasteiger partial charge in [-0.05, 0) is 38.8 Å². The van der Waals surface area contributed by atoms with Crippen LogP contribution in [0, 0.1) is 0 Å². The van der Waals surface area contributed by atoms with Gasteiger partial charge in [0.15, 0.2) is 0 Å². The van der Waals surface area contributed by atoms with Crippen LogP contribution in [0.5, 0.6) is 5.75 Å². The quantitative estimate of drug-likeness (QED) is 0.466. The van der Waals surface area contributed by atoms with Gasteiger partial charge < -0.3 is 26.4 Å². The van der Waals surface area contributed by atoms with Crippen LogP contribution in [-0.4, -0.2) is 35.1 Å². The summed E-state index contributed by atoms with van der Waals surface area (Å²) in [6.45, 7) is 4.97. The second-order valence-corrected chi connectivity index (χ2v) is 6.81. The summed E-state index contributed by atoms with van der Waals surface area (Å²) in [7, 11) is 0. The van der Waals surface area contributed by atoms with Gasteiger partial charge >= 0.3 is 0 Å². The van der Waals surface area contributed by atoms with Gasteiger partial charge in [-0.3, -0.25) is 4.79 Å². The first-order valence-corrected chi connectivity index (χ1v) is 9.39. The molecule has 2 heterocycles. The molecule has 3 rings (SSSR count). The van der Waals surface area contributed by atoms with E-state index in [1.54, 1.807) is 12.1 Å². The molecule has 0 radical (unpaired) electrons. The molecule has 0 fully saturated rings. The molecule has 4 bridgehead atoms. The molecular weight excluding hydrogens is 356 g/mol. The first-order chi connectivity index (χ1) is 13.5. The van der Waals surface area contributed by atoms with Crippen LogP contribution in [0.25, 0.3) is 0 Å². The summed E-state index contributed by atoms with van der Waals surface area (Å²) in [6, 6.07) is 5.37. The van der Waals surface area contributed by atoms with Gasteiger partial charge in [-0.2, -0.15) is 4.98 Å². The normalized spacial score (nSPS) is 15.2. The highest BCUT2D eigenvalue weighted by Crippen LogP contribution is 2.28. The van der Waals surface area contributed by atoms with Crippen LogP contribution in [0.4, 0.5) is 23.1 Å². The molecule has 148 valence electrons. The number of amides is 1. The fourth-order valence-corrected chi connectivity index (χ4v) is 2.69. The van der Waals surface area contributed by atoms with Gasteiger partial charge in [0, 0.05) is 30.5 Å². The molecule has 1 aromatic carbocycles. The number of rotatable bonds is 2. The van der Waals surface area contributed by atoms with Crippen molar-refractivity contribution >= 4 is 29.0 Å². The maximum atomic E-state index is 12.6. The predicted octanol–water partition coefficient (Wildman–Crippen LogP) is 3.08. The Morgan fingerprint density at radius 3 is 3.00 bits per heavy atom. The highest BCUT2D eigenvalue weighted by Gasteiger charge is 2.16. The Labute approximate surface area is 164 Å². The number of hydrogen-bond acceptors (Lipinski definition) is 7. The fraction of sp³-hybridized carbons (Fsp3) is 0.350. The zero-order valence-electron chi connectivity index (χ0n) is 16.2. The Bertz CT molecular complexity index is 866. The van der Waals surface area contributed by atoms with Crippen molar-refractivity contribution < 1.29 is 9.53 Å². The fourth-order valence-electron chi connectivity index (χ4n) is 2.69. The summed E-state index contributed by atoms with van der Waals surface area (Å²) in [6.07, 6.45) is 7.41. The number of carbonyl (C=O) groups excluding carboxylic acids is 1. The van der Waals surface area contributed by atoms with Gasteiger partial charge in [-0.25, -0.2) is 4.98 Å². The second-order valence-electron chi connectivity index (χ2n) is 6.81. The summed E-state index contributed by atoms with van der Waals surface area (Å²) in [4.78, 5) is 21.4. The zero-order chi connectivity index (χ0) is 19.9. The van der Waals surface area contributed by atoms with Gasteiger partial charge in [0.1, 0.15) is 23.7 Å². The molecule has 1 aliphatic rings. The Morgan fingerprint density at radius 2 is 2.18 bits per heavy atom. The minimum absolute atomic E-state index is 0.00351. The minimum Gasteiger partial charge on any atom is -0.487 e. The van der Waals surface area contributed by atoms with E-state index in [9.17, 15) is 4.79 Å². The number of fused-ring (bicyclic) bond motifs is 4. The van der Waals surface area contributed by atoms with Crippen LogP contribution in [0.3, 0.4) is 0 Å². The minimum atomic E-state index is -0.238. The van der Waals surface area contributed by atoms with Gasteiger partial charge in [0.2, 0.25) is 5.95 Å². The lowest BCUT2D eigenvalue weighted by Crippen LogP contribution is -2.31. The van der Waals surface area contributed by atoms with E-state index in [1.807, 2.05) is 26.0 Å². The highest BCUT2D eigenvalue weighted by atomic mass is 16.5. The molecule has 2 aromatic rings. The summed E-state index contributed by atoms with van der Waals surface area (Å²) in [5.74, 6) is 1.22. The summed E-state index contributed by atoms with van der Waals surface area (Å²) < 4.78 is 5.76. The number of nitrogens with zero attached hydrogens (tertiary/aromatic N) is 2. The van der Waals surface area contributed by atoms with Crippen LogP contribution >= 0.6 is 0 Å². The molecule has 0 spiro atoms. The van der Waals surface area contributed by atoms with Gasteiger partial charge in [0.05, 0.1) is 5.69 Å². The Kier molecular flexibility index (Phi) is 6.31. The van der Waals surface area contributed by atoms with E-state index < -0.39 is 0 Å². The molecule has 0 unspecified atom stereocenters. The topological polar surface area (TPSA) is 114 Å². The van der Waals surface area contributed by atoms with Crippen LogP contribution in [0.15, 0.2) is 36.5 Å². The van der Waals surface area contributed by atoms with Crippen molar-refractivity contribution in [3.05, 3.63) is 42.1 Å². The number of benzene rings is 1. The summed E-state index contributed by atoms with van der Waals surface area (Å²) in [5, 5.41) is 9.27. The number of aromatic nitrogens is 2. The van der Waals surface area contributed by atoms with Crippen molar-refractivity contribution in [2.45, 2.75) is 32.7 Å². The van der Waals surface area contributed by atoms with Crippen LogP contribution in [-0.2, 0) is 0 Å². The standard InChI is InChI=1S/C20H26N6O2/c1-13(2)24-19(27)15-12-23-20-22-9-5-3-4-6-10-28-17-11-14(7-8-16(17)21)25-18(15)26-20/h4,6-8,11-13H,3,5,9-10,21H2,1-2H3,(H,24,27)(H2,22,23,25,26)/b6-4+. The third-order valence-electron chi connectivity index (χ3n) is 4.06. The summed E-state index contributed by atoms with van der Waals surface area (Å²) >= 11 is 0. The monoisotopic (exact) mass is 382 g/mol. The Hall–Kier alpha value is -3.29. The van der Waals surface area contributed by atoms with E-state index in [-0.39, 0.29) is 11.9 Å². The molecule has 1 amide bonds. The lowest BCUT2D eigenvalue weighted by Gasteiger charge is -2.15. The number of nitrogen functional groups attached to an aromatic ring is 1. The van der Waals surface area contributed by atoms with E-state index in [0.717, 1.165) is 19.4 Å². The van der Waals surface area contributed by atoms with E-state index in [2.05, 4.69) is 32.0 Å². The van der Waals surface area contributed by atoms with Gasteiger partial charge in [-0.15, -0.1) is 0 Å². The number of anilines is 4. The second kappa shape index (κ2) is 9.07. The molecule has 0 atom stereocenters. The van der Waals surface area contributed by atoms with Crippen molar-refractivity contribution in [3.63, 3.8) is 0 Å². The maximum absolute atomic E-state index is 12.6. The molecule has 28 heavy (non-hydrogen) atoms. The SMILES string of the molecule is CC(C)NC(=O)c1cnc2nc1Nc1ccc(N)c(c1)OC/C=C/CCCN2. The van der Waals surface area contributed by atoms with E-state index in [4.69, 9.17) is 10.5 Å². The molecule has 1 aliphatic heterocycles. The lowest BCUT2D eigenvalue weighted by molar-refractivity contribution is 0.0943. The number of hydrogen-bond donors (Lipinski definition) is 4. The average molecular weight is 382 g/mol. The predicted molar refractivity (Wildman–Crippen MR) is 111 cm³/mol. The molecule has 8 heteroatoms. The smallest absolute Gasteiger partial charge is 0.256 e. The number of carbonyl (C=O) groups is 1. The van der Waals surface area contributed by atoms with Crippen LogP contribution in [0.2, 0.25) is 0 Å². The maximum Gasteiger partial charge on any atom is 0.256 e. The zero-order valence-corrected chi connectivity index (χ0v) is 16.2. The lowest BCUT2D eigenvalue weighted by atomic mass is 10.2. The molecule has 0 saturated carbocycles. The largest absolute Gasteiger partial charge is 0.487 e. The first kappa shape index (κ1) is 19.5. The van der Waals surface area contributed by atoms with Crippen molar-refractivity contribution in [1.82, 2.24) is 15.3 Å². The number of nitrogens with one attached hydrogen (secondary N) is 3. The number of allylic oxidation sites excluding steroid dienone is 1. The molecule has 8 nitrogen and oxygen atoms in total. The van der Waals surface area contributed by atoms with E-state index in [1.165, 1.54) is 6.20 Å². The van der Waals surface area contributed by atoms with E-state index >= 15 is 0 Å². The van der Waals surface area contributed by atoms with Gasteiger partial charge in [-0.1, -0.05) is 12.2 Å². The van der Waals surface area contributed by atoms with Crippen molar-refractivity contribution in [1.29, 1.82) is 0 Å². The first-order valence-electron chi connectivity index (χ1n) is 9.39. The molecule has 1 aromatic heterocycles. The number of nitrogens with two attached hydrogens (primary N) is 1. The third-order valence-corrected chi connectivity index (χ3v) is 4.06. The number of ether oxygens (including phenoxy) is 1. The Balaban J connectivity index is 1.97. The molecule has 0 aliphatic carbocycles. The summed E-state index contributed by atoms with van der Waals surface area (Å²) in [5.41, 5.74) is 7.64.